The number of fused-ring (bicyclic) bond motifs is 1. The SMILES string of the molecule is CCOC(=O)CCC(=O)Nc1ccn2nccc2c1. The van der Waals surface area contributed by atoms with E-state index in [1.165, 1.54) is 0 Å². The summed E-state index contributed by atoms with van der Waals surface area (Å²) in [5, 5.41) is 6.80. The summed E-state index contributed by atoms with van der Waals surface area (Å²) in [6, 6.07) is 5.41. The molecular weight excluding hydrogens is 246 g/mol. The van der Waals surface area contributed by atoms with Crippen LogP contribution in [0.2, 0.25) is 0 Å². The summed E-state index contributed by atoms with van der Waals surface area (Å²) in [6.45, 7) is 2.07. The van der Waals surface area contributed by atoms with E-state index in [9.17, 15) is 9.59 Å². The maximum Gasteiger partial charge on any atom is 0.306 e. The Morgan fingerprint density at radius 1 is 1.37 bits per heavy atom. The molecule has 0 aliphatic rings. The molecule has 2 heterocycles. The largest absolute Gasteiger partial charge is 0.466 e. The maximum atomic E-state index is 11.7. The molecule has 0 saturated carbocycles. The fraction of sp³-hybridized carbons (Fsp3) is 0.308. The third-order valence-electron chi connectivity index (χ3n) is 2.54. The summed E-state index contributed by atoms with van der Waals surface area (Å²) < 4.78 is 6.46. The molecule has 100 valence electrons. The second-order valence-electron chi connectivity index (χ2n) is 3.97. The lowest BCUT2D eigenvalue weighted by atomic mass is 10.3. The lowest BCUT2D eigenvalue weighted by molar-refractivity contribution is -0.144. The van der Waals surface area contributed by atoms with E-state index in [1.807, 2.05) is 12.1 Å². The highest BCUT2D eigenvalue weighted by Crippen LogP contribution is 2.11. The fourth-order valence-corrected chi connectivity index (χ4v) is 1.67. The fourth-order valence-electron chi connectivity index (χ4n) is 1.67. The van der Waals surface area contributed by atoms with Gasteiger partial charge in [-0.15, -0.1) is 0 Å². The number of aromatic nitrogens is 2. The predicted molar refractivity (Wildman–Crippen MR) is 69.7 cm³/mol. The number of ether oxygens (including phenoxy) is 1. The first kappa shape index (κ1) is 13.1. The van der Waals surface area contributed by atoms with Crippen molar-refractivity contribution in [2.24, 2.45) is 0 Å². The molecule has 6 nitrogen and oxygen atoms in total. The minimum Gasteiger partial charge on any atom is -0.466 e. The van der Waals surface area contributed by atoms with Crippen LogP contribution >= 0.6 is 0 Å². The van der Waals surface area contributed by atoms with Gasteiger partial charge >= 0.3 is 5.97 Å². The summed E-state index contributed by atoms with van der Waals surface area (Å²) in [5.41, 5.74) is 1.57. The maximum absolute atomic E-state index is 11.7. The summed E-state index contributed by atoms with van der Waals surface area (Å²) in [4.78, 5) is 22.8. The zero-order valence-electron chi connectivity index (χ0n) is 10.6. The zero-order chi connectivity index (χ0) is 13.7. The van der Waals surface area contributed by atoms with Gasteiger partial charge in [-0.1, -0.05) is 0 Å². The van der Waals surface area contributed by atoms with Gasteiger partial charge in [0.2, 0.25) is 5.91 Å². The minimum atomic E-state index is -0.358. The molecular formula is C13H15N3O3. The second kappa shape index (κ2) is 5.99. The highest BCUT2D eigenvalue weighted by molar-refractivity contribution is 5.93. The lowest BCUT2D eigenvalue weighted by Gasteiger charge is -2.05. The Morgan fingerprint density at radius 3 is 3.00 bits per heavy atom. The van der Waals surface area contributed by atoms with Crippen molar-refractivity contribution in [1.29, 1.82) is 0 Å². The van der Waals surface area contributed by atoms with Gasteiger partial charge < -0.3 is 10.1 Å². The van der Waals surface area contributed by atoms with E-state index in [0.29, 0.717) is 12.3 Å². The van der Waals surface area contributed by atoms with Crippen LogP contribution in [0.1, 0.15) is 19.8 Å². The Hall–Kier alpha value is -2.37. The monoisotopic (exact) mass is 261 g/mol. The van der Waals surface area contributed by atoms with Crippen molar-refractivity contribution in [1.82, 2.24) is 9.61 Å². The number of amides is 1. The van der Waals surface area contributed by atoms with Crippen molar-refractivity contribution in [2.75, 3.05) is 11.9 Å². The van der Waals surface area contributed by atoms with E-state index in [2.05, 4.69) is 10.4 Å². The van der Waals surface area contributed by atoms with Crippen LogP contribution in [-0.2, 0) is 14.3 Å². The Labute approximate surface area is 110 Å². The number of nitrogens with zero attached hydrogens (tertiary/aromatic N) is 2. The van der Waals surface area contributed by atoms with Gasteiger partial charge in [-0.05, 0) is 25.1 Å². The van der Waals surface area contributed by atoms with Crippen LogP contribution in [0.25, 0.3) is 5.52 Å². The van der Waals surface area contributed by atoms with Gasteiger partial charge in [-0.25, -0.2) is 4.52 Å². The van der Waals surface area contributed by atoms with Crippen molar-refractivity contribution in [2.45, 2.75) is 19.8 Å². The molecule has 1 amide bonds. The van der Waals surface area contributed by atoms with Crippen molar-refractivity contribution in [3.63, 3.8) is 0 Å². The summed E-state index contributed by atoms with van der Waals surface area (Å²) in [7, 11) is 0. The molecule has 2 rings (SSSR count). The molecule has 0 aromatic carbocycles. The van der Waals surface area contributed by atoms with Gasteiger partial charge in [0.05, 0.1) is 18.5 Å². The van der Waals surface area contributed by atoms with Crippen molar-refractivity contribution < 1.29 is 14.3 Å². The molecule has 0 aliphatic carbocycles. The van der Waals surface area contributed by atoms with E-state index in [1.54, 1.807) is 29.9 Å². The summed E-state index contributed by atoms with van der Waals surface area (Å²) in [6.07, 6.45) is 3.65. The number of nitrogens with one attached hydrogen (secondary N) is 1. The highest BCUT2D eigenvalue weighted by Gasteiger charge is 2.08. The molecule has 0 atom stereocenters. The normalized spacial score (nSPS) is 10.4. The van der Waals surface area contributed by atoms with Crippen molar-refractivity contribution >= 4 is 23.1 Å². The van der Waals surface area contributed by atoms with E-state index in [4.69, 9.17) is 4.74 Å². The number of pyridine rings is 1. The Kier molecular flexibility index (Phi) is 4.12. The van der Waals surface area contributed by atoms with E-state index in [0.717, 1.165) is 5.52 Å². The summed E-state index contributed by atoms with van der Waals surface area (Å²) >= 11 is 0. The molecule has 2 aromatic rings. The van der Waals surface area contributed by atoms with Gasteiger partial charge in [0.25, 0.3) is 0 Å². The average Bonchev–Trinajstić information content (AvgIpc) is 2.84. The number of hydrogen-bond acceptors (Lipinski definition) is 4. The Bertz CT molecular complexity index is 592. The van der Waals surface area contributed by atoms with Gasteiger partial charge in [-0.2, -0.15) is 5.10 Å². The van der Waals surface area contributed by atoms with Gasteiger partial charge in [-0.3, -0.25) is 9.59 Å². The molecule has 1 N–H and O–H groups in total. The van der Waals surface area contributed by atoms with Crippen LogP contribution in [-0.4, -0.2) is 28.1 Å². The molecule has 0 unspecified atom stereocenters. The van der Waals surface area contributed by atoms with Crippen LogP contribution < -0.4 is 5.32 Å². The molecule has 0 saturated heterocycles. The van der Waals surface area contributed by atoms with E-state index >= 15 is 0 Å². The number of carbonyl (C=O) groups is 2. The number of hydrogen-bond donors (Lipinski definition) is 1. The first-order valence-corrected chi connectivity index (χ1v) is 6.08. The van der Waals surface area contributed by atoms with Crippen LogP contribution in [0.3, 0.4) is 0 Å². The summed E-state index contributed by atoms with van der Waals surface area (Å²) in [5.74, 6) is -0.569. The molecule has 0 radical (unpaired) electrons. The van der Waals surface area contributed by atoms with E-state index in [-0.39, 0.29) is 24.7 Å². The van der Waals surface area contributed by atoms with Crippen LogP contribution in [0, 0.1) is 0 Å². The molecule has 6 heteroatoms. The van der Waals surface area contributed by atoms with E-state index < -0.39 is 0 Å². The first-order valence-electron chi connectivity index (χ1n) is 6.08. The Balaban J connectivity index is 1.89. The van der Waals surface area contributed by atoms with Crippen LogP contribution in [0.5, 0.6) is 0 Å². The minimum absolute atomic E-state index is 0.0919. The molecule has 2 aromatic heterocycles. The number of rotatable bonds is 5. The number of carbonyl (C=O) groups excluding carboxylic acids is 2. The third kappa shape index (κ3) is 3.54. The molecule has 0 spiro atoms. The number of esters is 1. The lowest BCUT2D eigenvalue weighted by Crippen LogP contribution is -2.14. The standard InChI is InChI=1S/C13H15N3O3/c1-2-19-13(18)4-3-12(17)15-10-6-8-16-11(9-10)5-7-14-16/h5-9H,2-4H2,1H3,(H,15,17). The van der Waals surface area contributed by atoms with Gasteiger partial charge in [0, 0.05) is 24.5 Å². The number of anilines is 1. The third-order valence-corrected chi connectivity index (χ3v) is 2.54. The molecule has 0 bridgehead atoms. The van der Waals surface area contributed by atoms with Crippen LogP contribution in [0.4, 0.5) is 5.69 Å². The average molecular weight is 261 g/mol. The van der Waals surface area contributed by atoms with Crippen molar-refractivity contribution in [3.05, 3.63) is 30.6 Å². The Morgan fingerprint density at radius 2 is 2.21 bits per heavy atom. The highest BCUT2D eigenvalue weighted by atomic mass is 16.5. The quantitative estimate of drug-likeness (QED) is 0.830. The zero-order valence-corrected chi connectivity index (χ0v) is 10.6. The van der Waals surface area contributed by atoms with Gasteiger partial charge in [0.15, 0.2) is 0 Å². The first-order chi connectivity index (χ1) is 9.19. The molecule has 19 heavy (non-hydrogen) atoms. The van der Waals surface area contributed by atoms with Gasteiger partial charge in [0.1, 0.15) is 0 Å². The van der Waals surface area contributed by atoms with Crippen LogP contribution in [0.15, 0.2) is 30.6 Å². The topological polar surface area (TPSA) is 72.7 Å². The predicted octanol–water partition coefficient (Wildman–Crippen LogP) is 1.62. The smallest absolute Gasteiger partial charge is 0.306 e. The second-order valence-corrected chi connectivity index (χ2v) is 3.97. The van der Waals surface area contributed by atoms with Crippen molar-refractivity contribution in [3.8, 4) is 0 Å². The molecule has 0 fully saturated rings. The molecule has 0 aliphatic heterocycles.